The Morgan fingerprint density at radius 3 is 2.37 bits per heavy atom. The third-order valence-electron chi connectivity index (χ3n) is 3.94. The lowest BCUT2D eigenvalue weighted by atomic mass is 10.0. The van der Waals surface area contributed by atoms with Crippen LogP contribution in [0.1, 0.15) is 35.8 Å². The molecule has 0 aliphatic heterocycles. The topological polar surface area (TPSA) is 89.0 Å². The molecule has 1 amide bonds. The Bertz CT molecular complexity index is 1050. The molecule has 140 valence electrons. The van der Waals surface area contributed by atoms with Gasteiger partial charge in [0.15, 0.2) is 14.9 Å². The van der Waals surface area contributed by atoms with Gasteiger partial charge in [-0.25, -0.2) is 18.4 Å². The lowest BCUT2D eigenvalue weighted by Crippen LogP contribution is -2.12. The van der Waals surface area contributed by atoms with E-state index in [0.717, 1.165) is 16.8 Å². The molecule has 27 heavy (non-hydrogen) atoms. The number of amides is 1. The number of nitrogens with one attached hydrogen (secondary N) is 1. The Hall–Kier alpha value is -2.58. The molecule has 0 bridgehead atoms. The Kier molecular flexibility index (Phi) is 5.38. The quantitative estimate of drug-likeness (QED) is 0.698. The second-order valence-corrected chi connectivity index (χ2v) is 9.25. The van der Waals surface area contributed by atoms with Crippen LogP contribution in [0, 0.1) is 0 Å². The van der Waals surface area contributed by atoms with Crippen molar-refractivity contribution in [2.45, 2.75) is 24.8 Å². The third-order valence-corrected chi connectivity index (χ3v) is 5.83. The number of carbonyl (C=O) groups excluding carboxylic acids is 1. The summed E-state index contributed by atoms with van der Waals surface area (Å²) in [6.45, 7) is 4.27. The number of rotatable bonds is 5. The molecule has 0 atom stereocenters. The molecule has 0 saturated heterocycles. The van der Waals surface area contributed by atoms with Crippen LogP contribution in [0.4, 0.5) is 5.69 Å². The zero-order chi connectivity index (χ0) is 19.6. The van der Waals surface area contributed by atoms with Crippen LogP contribution in [0.25, 0.3) is 10.6 Å². The molecular formula is C19H19N3O3S2. The monoisotopic (exact) mass is 401 g/mol. The summed E-state index contributed by atoms with van der Waals surface area (Å²) in [6.07, 6.45) is 2.39. The van der Waals surface area contributed by atoms with Crippen LogP contribution in [0.5, 0.6) is 0 Å². The molecule has 6 nitrogen and oxygen atoms in total. The number of sulfone groups is 1. The molecule has 3 aromatic rings. The van der Waals surface area contributed by atoms with Gasteiger partial charge < -0.3 is 5.32 Å². The van der Waals surface area contributed by atoms with Gasteiger partial charge in [-0.05, 0) is 23.6 Å². The number of thiazole rings is 1. The van der Waals surface area contributed by atoms with E-state index in [1.165, 1.54) is 35.2 Å². The number of pyridine rings is 1. The Morgan fingerprint density at radius 1 is 1.11 bits per heavy atom. The highest BCUT2D eigenvalue weighted by Gasteiger charge is 2.14. The molecule has 0 aliphatic carbocycles. The zero-order valence-electron chi connectivity index (χ0n) is 15.1. The molecule has 0 saturated carbocycles. The van der Waals surface area contributed by atoms with E-state index in [-0.39, 0.29) is 10.9 Å². The first-order valence-electron chi connectivity index (χ1n) is 8.27. The summed E-state index contributed by atoms with van der Waals surface area (Å²) < 4.78 is 22.9. The highest BCUT2D eigenvalue weighted by Crippen LogP contribution is 2.26. The van der Waals surface area contributed by atoms with Crippen LogP contribution in [0.2, 0.25) is 0 Å². The highest BCUT2D eigenvalue weighted by atomic mass is 32.2. The number of benzene rings is 1. The summed E-state index contributed by atoms with van der Waals surface area (Å²) in [5.74, 6) is 0.0876. The molecule has 2 heterocycles. The molecular weight excluding hydrogens is 382 g/mol. The van der Waals surface area contributed by atoms with Crippen molar-refractivity contribution in [2.75, 3.05) is 11.6 Å². The second-order valence-electron chi connectivity index (χ2n) is 6.43. The van der Waals surface area contributed by atoms with Gasteiger partial charge in [0.2, 0.25) is 0 Å². The van der Waals surface area contributed by atoms with Crippen molar-refractivity contribution >= 4 is 32.8 Å². The van der Waals surface area contributed by atoms with Crippen molar-refractivity contribution in [3.63, 3.8) is 0 Å². The average Bonchev–Trinajstić information content (AvgIpc) is 3.12. The van der Waals surface area contributed by atoms with E-state index >= 15 is 0 Å². The van der Waals surface area contributed by atoms with Gasteiger partial charge in [-0.2, -0.15) is 0 Å². The van der Waals surface area contributed by atoms with E-state index < -0.39 is 9.84 Å². The van der Waals surface area contributed by atoms with Gasteiger partial charge in [-0.3, -0.25) is 4.79 Å². The number of anilines is 1. The van der Waals surface area contributed by atoms with Gasteiger partial charge in [0.05, 0.1) is 11.9 Å². The average molecular weight is 402 g/mol. The molecule has 3 rings (SSSR count). The third kappa shape index (κ3) is 4.58. The summed E-state index contributed by atoms with van der Waals surface area (Å²) in [7, 11) is -3.37. The summed E-state index contributed by atoms with van der Waals surface area (Å²) >= 11 is 1.39. The number of hydrogen-bond acceptors (Lipinski definition) is 6. The van der Waals surface area contributed by atoms with Crippen molar-refractivity contribution < 1.29 is 13.2 Å². The maximum Gasteiger partial charge on any atom is 0.275 e. The predicted octanol–water partition coefficient (Wildman–Crippen LogP) is 3.98. The van der Waals surface area contributed by atoms with Gasteiger partial charge in [0.1, 0.15) is 10.7 Å². The number of aromatic nitrogens is 2. The van der Waals surface area contributed by atoms with Gasteiger partial charge >= 0.3 is 0 Å². The van der Waals surface area contributed by atoms with E-state index in [4.69, 9.17) is 0 Å². The van der Waals surface area contributed by atoms with Crippen molar-refractivity contribution in [1.82, 2.24) is 9.97 Å². The van der Waals surface area contributed by atoms with Gasteiger partial charge in [-0.15, -0.1) is 11.3 Å². The van der Waals surface area contributed by atoms with Crippen LogP contribution in [0.3, 0.4) is 0 Å². The van der Waals surface area contributed by atoms with E-state index in [0.29, 0.717) is 17.3 Å². The molecule has 0 spiro atoms. The Balaban J connectivity index is 1.73. The van der Waals surface area contributed by atoms with Gasteiger partial charge in [0.25, 0.3) is 5.91 Å². The maximum atomic E-state index is 12.4. The van der Waals surface area contributed by atoms with E-state index in [1.807, 2.05) is 12.1 Å². The number of nitrogens with zero attached hydrogens (tertiary/aromatic N) is 2. The minimum Gasteiger partial charge on any atom is -0.319 e. The maximum absolute atomic E-state index is 12.4. The lowest BCUT2D eigenvalue weighted by Gasteiger charge is -2.05. The number of hydrogen-bond donors (Lipinski definition) is 1. The normalized spacial score (nSPS) is 11.6. The van der Waals surface area contributed by atoms with E-state index in [1.54, 1.807) is 5.38 Å². The SMILES string of the molecule is CC(C)c1ccc(-c2nc(C(=O)Nc3ccc(S(C)(=O)=O)nc3)cs2)cc1. The summed E-state index contributed by atoms with van der Waals surface area (Å²) in [6, 6.07) is 11.0. The molecule has 1 N–H and O–H groups in total. The van der Waals surface area contributed by atoms with Crippen LogP contribution in [-0.4, -0.2) is 30.5 Å². The fourth-order valence-corrected chi connectivity index (χ4v) is 3.76. The molecule has 8 heteroatoms. The van der Waals surface area contributed by atoms with Crippen molar-refractivity contribution in [3.8, 4) is 10.6 Å². The van der Waals surface area contributed by atoms with E-state index in [9.17, 15) is 13.2 Å². The van der Waals surface area contributed by atoms with Crippen molar-refractivity contribution in [2.24, 2.45) is 0 Å². The summed E-state index contributed by atoms with van der Waals surface area (Å²) in [5.41, 5.74) is 2.92. The first-order chi connectivity index (χ1) is 12.7. The van der Waals surface area contributed by atoms with Crippen LogP contribution < -0.4 is 5.32 Å². The Labute approximate surface area is 162 Å². The minimum absolute atomic E-state index is 0.0405. The lowest BCUT2D eigenvalue weighted by molar-refractivity contribution is 0.102. The van der Waals surface area contributed by atoms with Crippen LogP contribution >= 0.6 is 11.3 Å². The molecule has 0 unspecified atom stereocenters. The Morgan fingerprint density at radius 2 is 1.81 bits per heavy atom. The largest absolute Gasteiger partial charge is 0.319 e. The fourth-order valence-electron chi connectivity index (χ4n) is 2.39. The molecule has 0 radical (unpaired) electrons. The van der Waals surface area contributed by atoms with Crippen molar-refractivity contribution in [3.05, 3.63) is 59.2 Å². The molecule has 0 fully saturated rings. The zero-order valence-corrected chi connectivity index (χ0v) is 16.8. The summed E-state index contributed by atoms with van der Waals surface area (Å²) in [5, 5.41) is 5.09. The standard InChI is InChI=1S/C19H19N3O3S2/c1-12(2)13-4-6-14(7-5-13)19-22-16(11-26-19)18(23)21-15-8-9-17(20-10-15)27(3,24)25/h4-12H,1-3H3,(H,21,23). The smallest absolute Gasteiger partial charge is 0.275 e. The first-order valence-corrected chi connectivity index (χ1v) is 11.0. The fraction of sp³-hybridized carbons (Fsp3) is 0.211. The minimum atomic E-state index is -3.37. The molecule has 0 aliphatic rings. The molecule has 2 aromatic heterocycles. The van der Waals surface area contributed by atoms with Crippen molar-refractivity contribution in [1.29, 1.82) is 0 Å². The van der Waals surface area contributed by atoms with Crippen LogP contribution in [0.15, 0.2) is 53.0 Å². The van der Waals surface area contributed by atoms with Gasteiger partial charge in [0, 0.05) is 17.2 Å². The van der Waals surface area contributed by atoms with E-state index in [2.05, 4.69) is 41.3 Å². The summed E-state index contributed by atoms with van der Waals surface area (Å²) in [4.78, 5) is 20.6. The van der Waals surface area contributed by atoms with Crippen LogP contribution in [-0.2, 0) is 9.84 Å². The second kappa shape index (κ2) is 7.58. The number of carbonyl (C=O) groups is 1. The highest BCUT2D eigenvalue weighted by molar-refractivity contribution is 7.90. The van der Waals surface area contributed by atoms with Gasteiger partial charge in [-0.1, -0.05) is 38.1 Å². The molecule has 1 aromatic carbocycles. The first kappa shape index (κ1) is 19.2. The predicted molar refractivity (Wildman–Crippen MR) is 107 cm³/mol.